The van der Waals surface area contributed by atoms with Crippen LogP contribution >= 0.6 is 0 Å². The molecule has 0 atom stereocenters. The summed E-state index contributed by atoms with van der Waals surface area (Å²) in [6, 6.07) is 10.8. The number of hydrogen-bond donors (Lipinski definition) is 1. The average Bonchev–Trinajstić information content (AvgIpc) is 2.95. The highest BCUT2D eigenvalue weighted by atomic mass is 15.3. The van der Waals surface area contributed by atoms with E-state index < -0.39 is 0 Å². The standard InChI is InChI=1S/C15H19N3/c1-2-4-13(5-3-1)12-14-6-10-18(11-7-14)15-16-8-9-17-15/h1-5,8-9,14H,6-7,10-12H2,(H,16,17). The van der Waals surface area contributed by atoms with Crippen LogP contribution in [-0.2, 0) is 6.42 Å². The van der Waals surface area contributed by atoms with Crippen molar-refractivity contribution in [3.05, 3.63) is 48.3 Å². The van der Waals surface area contributed by atoms with Gasteiger partial charge in [0.2, 0.25) is 5.95 Å². The van der Waals surface area contributed by atoms with Gasteiger partial charge in [-0.15, -0.1) is 0 Å². The molecule has 0 radical (unpaired) electrons. The van der Waals surface area contributed by atoms with E-state index in [1.807, 2.05) is 12.4 Å². The molecular weight excluding hydrogens is 222 g/mol. The lowest BCUT2D eigenvalue weighted by molar-refractivity contribution is 0.401. The first-order valence-corrected chi connectivity index (χ1v) is 6.70. The van der Waals surface area contributed by atoms with Gasteiger partial charge in [0.15, 0.2) is 0 Å². The van der Waals surface area contributed by atoms with Crippen molar-refractivity contribution < 1.29 is 0 Å². The number of hydrogen-bond acceptors (Lipinski definition) is 2. The predicted octanol–water partition coefficient (Wildman–Crippen LogP) is 2.87. The van der Waals surface area contributed by atoms with Crippen LogP contribution in [0.2, 0.25) is 0 Å². The normalized spacial score (nSPS) is 17.0. The third-order valence-corrected chi connectivity index (χ3v) is 3.77. The van der Waals surface area contributed by atoms with Crippen LogP contribution in [0.1, 0.15) is 18.4 Å². The number of benzene rings is 1. The van der Waals surface area contributed by atoms with Gasteiger partial charge in [-0.25, -0.2) is 4.98 Å². The lowest BCUT2D eigenvalue weighted by Gasteiger charge is -2.31. The highest BCUT2D eigenvalue weighted by Crippen LogP contribution is 2.23. The number of H-pyrrole nitrogens is 1. The van der Waals surface area contributed by atoms with Crippen LogP contribution in [0.3, 0.4) is 0 Å². The molecule has 2 heterocycles. The highest BCUT2D eigenvalue weighted by molar-refractivity contribution is 5.29. The second-order valence-corrected chi connectivity index (χ2v) is 5.03. The zero-order valence-electron chi connectivity index (χ0n) is 10.5. The van der Waals surface area contributed by atoms with E-state index in [1.54, 1.807) is 0 Å². The summed E-state index contributed by atoms with van der Waals surface area (Å²) < 4.78 is 0. The van der Waals surface area contributed by atoms with Gasteiger partial charge in [-0.2, -0.15) is 0 Å². The van der Waals surface area contributed by atoms with Crippen LogP contribution in [0.5, 0.6) is 0 Å². The number of nitrogens with one attached hydrogen (secondary N) is 1. The number of piperidine rings is 1. The molecule has 1 fully saturated rings. The van der Waals surface area contributed by atoms with Crippen LogP contribution in [0.15, 0.2) is 42.7 Å². The van der Waals surface area contributed by atoms with Crippen LogP contribution in [0.25, 0.3) is 0 Å². The molecule has 2 aromatic rings. The van der Waals surface area contributed by atoms with E-state index in [2.05, 4.69) is 45.2 Å². The Bertz CT molecular complexity index is 456. The van der Waals surface area contributed by atoms with Crippen molar-refractivity contribution in [2.75, 3.05) is 18.0 Å². The molecule has 1 aromatic heterocycles. The third-order valence-electron chi connectivity index (χ3n) is 3.77. The molecule has 1 N–H and O–H groups in total. The summed E-state index contributed by atoms with van der Waals surface area (Å²) in [4.78, 5) is 9.85. The molecule has 0 bridgehead atoms. The number of aromatic amines is 1. The van der Waals surface area contributed by atoms with Gasteiger partial charge in [0.25, 0.3) is 0 Å². The van der Waals surface area contributed by atoms with Crippen LogP contribution in [-0.4, -0.2) is 23.1 Å². The van der Waals surface area contributed by atoms with E-state index >= 15 is 0 Å². The monoisotopic (exact) mass is 241 g/mol. The first-order valence-electron chi connectivity index (χ1n) is 6.70. The first kappa shape index (κ1) is 11.3. The molecule has 1 aliphatic rings. The molecule has 1 aromatic carbocycles. The molecule has 1 aliphatic heterocycles. The topological polar surface area (TPSA) is 31.9 Å². The average molecular weight is 241 g/mol. The summed E-state index contributed by atoms with van der Waals surface area (Å²) in [6.07, 6.45) is 7.45. The van der Waals surface area contributed by atoms with E-state index in [0.29, 0.717) is 0 Å². The molecule has 18 heavy (non-hydrogen) atoms. The minimum absolute atomic E-state index is 0.818. The molecule has 0 aliphatic carbocycles. The summed E-state index contributed by atoms with van der Waals surface area (Å²) in [7, 11) is 0. The molecule has 94 valence electrons. The van der Waals surface area contributed by atoms with E-state index in [1.165, 1.54) is 24.8 Å². The van der Waals surface area contributed by atoms with Gasteiger partial charge in [-0.05, 0) is 30.7 Å². The molecular formula is C15H19N3. The summed E-state index contributed by atoms with van der Waals surface area (Å²) in [5, 5.41) is 0. The number of aromatic nitrogens is 2. The molecule has 0 amide bonds. The fourth-order valence-electron chi connectivity index (χ4n) is 2.73. The largest absolute Gasteiger partial charge is 0.342 e. The Kier molecular flexibility index (Phi) is 3.31. The third kappa shape index (κ3) is 2.55. The Balaban J connectivity index is 1.54. The summed E-state index contributed by atoms with van der Waals surface area (Å²) in [5.41, 5.74) is 1.47. The van der Waals surface area contributed by atoms with Crippen LogP contribution < -0.4 is 4.90 Å². The van der Waals surface area contributed by atoms with E-state index in [0.717, 1.165) is 25.0 Å². The molecule has 0 saturated carbocycles. The van der Waals surface area contributed by atoms with Gasteiger partial charge in [0.05, 0.1) is 0 Å². The van der Waals surface area contributed by atoms with E-state index in [-0.39, 0.29) is 0 Å². The Labute approximate surface area is 108 Å². The maximum Gasteiger partial charge on any atom is 0.202 e. The highest BCUT2D eigenvalue weighted by Gasteiger charge is 2.20. The summed E-state index contributed by atoms with van der Waals surface area (Å²) in [5.74, 6) is 1.84. The summed E-state index contributed by atoms with van der Waals surface area (Å²) in [6.45, 7) is 2.23. The van der Waals surface area contributed by atoms with Crippen LogP contribution in [0, 0.1) is 5.92 Å². The van der Waals surface area contributed by atoms with Gasteiger partial charge in [-0.1, -0.05) is 30.3 Å². The van der Waals surface area contributed by atoms with Crippen molar-refractivity contribution in [3.8, 4) is 0 Å². The minimum Gasteiger partial charge on any atom is -0.342 e. The number of rotatable bonds is 3. The van der Waals surface area contributed by atoms with Crippen molar-refractivity contribution in [3.63, 3.8) is 0 Å². The van der Waals surface area contributed by atoms with Crippen molar-refractivity contribution in [1.29, 1.82) is 0 Å². The van der Waals surface area contributed by atoms with Crippen molar-refractivity contribution in [2.24, 2.45) is 5.92 Å². The molecule has 3 rings (SSSR count). The zero-order valence-corrected chi connectivity index (χ0v) is 10.5. The SMILES string of the molecule is c1ccc(CC2CCN(c3ncc[nH]3)CC2)cc1. The van der Waals surface area contributed by atoms with E-state index in [9.17, 15) is 0 Å². The van der Waals surface area contributed by atoms with Gasteiger partial charge >= 0.3 is 0 Å². The predicted molar refractivity (Wildman–Crippen MR) is 73.7 cm³/mol. The Hall–Kier alpha value is -1.77. The van der Waals surface area contributed by atoms with E-state index in [4.69, 9.17) is 0 Å². The van der Waals surface area contributed by atoms with Gasteiger partial charge in [-0.3, -0.25) is 0 Å². The Morgan fingerprint density at radius 2 is 1.94 bits per heavy atom. The minimum atomic E-state index is 0.818. The molecule has 0 unspecified atom stereocenters. The first-order chi connectivity index (χ1) is 8.92. The Morgan fingerprint density at radius 1 is 1.17 bits per heavy atom. The number of imidazole rings is 1. The van der Waals surface area contributed by atoms with Gasteiger partial charge in [0.1, 0.15) is 0 Å². The fourth-order valence-corrected chi connectivity index (χ4v) is 2.73. The molecule has 1 saturated heterocycles. The Morgan fingerprint density at radius 3 is 2.61 bits per heavy atom. The van der Waals surface area contributed by atoms with Crippen molar-refractivity contribution in [1.82, 2.24) is 9.97 Å². The number of anilines is 1. The van der Waals surface area contributed by atoms with Gasteiger partial charge in [0, 0.05) is 25.5 Å². The van der Waals surface area contributed by atoms with Crippen LogP contribution in [0.4, 0.5) is 5.95 Å². The summed E-state index contributed by atoms with van der Waals surface area (Å²) >= 11 is 0. The quantitative estimate of drug-likeness (QED) is 0.896. The molecule has 3 nitrogen and oxygen atoms in total. The zero-order chi connectivity index (χ0) is 12.2. The second kappa shape index (κ2) is 5.25. The fraction of sp³-hybridized carbons (Fsp3) is 0.400. The van der Waals surface area contributed by atoms with Gasteiger partial charge < -0.3 is 9.88 Å². The molecule has 0 spiro atoms. The second-order valence-electron chi connectivity index (χ2n) is 5.03. The lowest BCUT2D eigenvalue weighted by atomic mass is 9.90. The maximum atomic E-state index is 4.32. The number of nitrogens with zero attached hydrogens (tertiary/aromatic N) is 2. The van der Waals surface area contributed by atoms with Crippen molar-refractivity contribution in [2.45, 2.75) is 19.3 Å². The smallest absolute Gasteiger partial charge is 0.202 e. The van der Waals surface area contributed by atoms with Crippen molar-refractivity contribution >= 4 is 5.95 Å². The lowest BCUT2D eigenvalue weighted by Crippen LogP contribution is -2.34. The maximum absolute atomic E-state index is 4.32. The molecule has 3 heteroatoms.